The summed E-state index contributed by atoms with van der Waals surface area (Å²) in [6.07, 6.45) is 2.82. The van der Waals surface area contributed by atoms with Crippen LogP contribution in [0.2, 0.25) is 10.0 Å². The summed E-state index contributed by atoms with van der Waals surface area (Å²) < 4.78 is 27.6. The Morgan fingerprint density at radius 3 is 2.32 bits per heavy atom. The summed E-state index contributed by atoms with van der Waals surface area (Å²) >= 11 is 13.7. The number of aliphatic hydroxyl groups is 1. The average Bonchev–Trinajstić information content (AvgIpc) is 3.36. The Morgan fingerprint density at radius 1 is 1.16 bits per heavy atom. The first-order valence-electron chi connectivity index (χ1n) is 11.3. The Bertz CT molecular complexity index is 1430. The summed E-state index contributed by atoms with van der Waals surface area (Å²) in [4.78, 5) is 19.0. The molecule has 1 fully saturated rings. The van der Waals surface area contributed by atoms with Gasteiger partial charge in [0, 0.05) is 31.7 Å². The first-order valence-corrected chi connectivity index (χ1v) is 14.4. The number of nitrogens with one attached hydrogen (secondary N) is 2. The number of anilines is 1. The second kappa shape index (κ2) is 11.2. The summed E-state index contributed by atoms with van der Waals surface area (Å²) in [6, 6.07) is 11.5. The predicted molar refractivity (Wildman–Crippen MR) is 149 cm³/mol. The SMILES string of the molecule is C/C(O)=C(/C(=N)c1c(Cl)cccc1Cl)C(=O)N1CCC(c2ccc(S(=O)(=O)Nc3nccs3)cc2)CC1.[HH]. The van der Waals surface area contributed by atoms with E-state index in [-0.39, 0.29) is 44.9 Å². The normalized spacial score (nSPS) is 15.3. The maximum absolute atomic E-state index is 13.3. The Labute approximate surface area is 230 Å². The smallest absolute Gasteiger partial charge is 0.263 e. The molecule has 3 aromatic rings. The van der Waals surface area contributed by atoms with Crippen LogP contribution < -0.4 is 4.72 Å². The summed E-state index contributed by atoms with van der Waals surface area (Å²) in [7, 11) is -3.73. The molecule has 1 aliphatic rings. The minimum absolute atomic E-state index is 0. The molecule has 37 heavy (non-hydrogen) atoms. The van der Waals surface area contributed by atoms with Crippen molar-refractivity contribution in [1.82, 2.24) is 9.88 Å². The number of nitrogens with zero attached hydrogens (tertiary/aromatic N) is 2. The van der Waals surface area contributed by atoms with Gasteiger partial charge in [0.25, 0.3) is 15.9 Å². The van der Waals surface area contributed by atoms with Crippen molar-refractivity contribution in [2.45, 2.75) is 30.6 Å². The zero-order valence-corrected chi connectivity index (χ0v) is 22.9. The number of aliphatic hydroxyl groups excluding tert-OH is 1. The van der Waals surface area contributed by atoms with Crippen molar-refractivity contribution in [1.29, 1.82) is 5.41 Å². The largest absolute Gasteiger partial charge is 0.512 e. The Kier molecular flexibility index (Phi) is 8.23. The topological polar surface area (TPSA) is 123 Å². The average molecular weight is 582 g/mol. The van der Waals surface area contributed by atoms with E-state index in [9.17, 15) is 18.3 Å². The molecule has 0 radical (unpaired) electrons. The molecule has 1 aliphatic heterocycles. The van der Waals surface area contributed by atoms with Crippen LogP contribution in [0.15, 0.2) is 70.3 Å². The van der Waals surface area contributed by atoms with Gasteiger partial charge in [-0.1, -0.05) is 41.4 Å². The van der Waals surface area contributed by atoms with E-state index in [0.717, 1.165) is 5.56 Å². The van der Waals surface area contributed by atoms with E-state index in [1.165, 1.54) is 24.5 Å². The number of sulfonamides is 1. The number of amides is 1. The number of hydrogen-bond acceptors (Lipinski definition) is 7. The fraction of sp³-hybridized carbons (Fsp3) is 0.240. The third-order valence-electron chi connectivity index (χ3n) is 6.14. The molecule has 1 amide bonds. The van der Waals surface area contributed by atoms with Crippen LogP contribution in [0.25, 0.3) is 0 Å². The molecular weight excluding hydrogens is 555 g/mol. The van der Waals surface area contributed by atoms with Crippen molar-refractivity contribution in [3.8, 4) is 0 Å². The third-order valence-corrected chi connectivity index (χ3v) is 8.94. The Hall–Kier alpha value is -2.92. The minimum atomic E-state index is -3.73. The highest BCUT2D eigenvalue weighted by atomic mass is 35.5. The van der Waals surface area contributed by atoms with Gasteiger partial charge in [-0.2, -0.15) is 0 Å². The fourth-order valence-electron chi connectivity index (χ4n) is 4.25. The molecule has 2 aromatic carbocycles. The van der Waals surface area contributed by atoms with Gasteiger partial charge in [-0.05, 0) is 55.5 Å². The first-order chi connectivity index (χ1) is 17.6. The molecule has 1 aromatic heterocycles. The summed E-state index contributed by atoms with van der Waals surface area (Å²) in [5, 5.41) is 21.3. The van der Waals surface area contributed by atoms with Gasteiger partial charge in [0.2, 0.25) is 0 Å². The van der Waals surface area contributed by atoms with E-state index in [4.69, 9.17) is 28.6 Å². The zero-order valence-electron chi connectivity index (χ0n) is 19.7. The molecule has 0 saturated carbocycles. The van der Waals surface area contributed by atoms with Crippen molar-refractivity contribution < 1.29 is 19.7 Å². The Balaban J connectivity index is 0.00000400. The van der Waals surface area contributed by atoms with Gasteiger partial charge in [-0.3, -0.25) is 14.9 Å². The quantitative estimate of drug-likeness (QED) is 0.177. The number of rotatable bonds is 7. The number of piperidine rings is 1. The van der Waals surface area contributed by atoms with Gasteiger partial charge in [0.15, 0.2) is 5.13 Å². The Morgan fingerprint density at radius 2 is 1.78 bits per heavy atom. The van der Waals surface area contributed by atoms with Crippen LogP contribution >= 0.6 is 34.5 Å². The van der Waals surface area contributed by atoms with Crippen LogP contribution in [-0.4, -0.2) is 48.1 Å². The predicted octanol–water partition coefficient (Wildman–Crippen LogP) is 6.10. The van der Waals surface area contributed by atoms with Crippen LogP contribution in [0.4, 0.5) is 5.13 Å². The molecule has 0 atom stereocenters. The molecular formula is C25H26Cl2N4O4S2. The molecule has 4 rings (SSSR count). The van der Waals surface area contributed by atoms with Gasteiger partial charge in [0.1, 0.15) is 11.3 Å². The van der Waals surface area contributed by atoms with E-state index in [1.807, 2.05) is 0 Å². The van der Waals surface area contributed by atoms with Crippen LogP contribution in [-0.2, 0) is 14.8 Å². The molecule has 196 valence electrons. The number of carbonyl (C=O) groups excluding carboxylic acids is 1. The standard InChI is InChI=1S/C25H24Cl2N4O4S2.H2/c1-15(32)21(23(28)22-19(26)3-2-4-20(22)27)24(33)31-12-9-17(10-13-31)16-5-7-18(8-6-16)37(34,35)30-25-29-11-14-36-25;/h2-8,11,14,17,28,32H,9-10,12-13H2,1H3,(H,29,30);1H/b21-15+,28-23?;. The minimum Gasteiger partial charge on any atom is -0.512 e. The molecule has 0 spiro atoms. The number of halogens is 2. The van der Waals surface area contributed by atoms with E-state index in [2.05, 4.69) is 9.71 Å². The van der Waals surface area contributed by atoms with Crippen molar-refractivity contribution in [3.05, 3.63) is 86.5 Å². The van der Waals surface area contributed by atoms with Gasteiger partial charge < -0.3 is 10.0 Å². The molecule has 8 nitrogen and oxygen atoms in total. The zero-order chi connectivity index (χ0) is 26.7. The lowest BCUT2D eigenvalue weighted by atomic mass is 9.89. The maximum atomic E-state index is 13.3. The molecule has 12 heteroatoms. The fourth-order valence-corrected chi connectivity index (χ4v) is 6.62. The number of allylic oxidation sites excluding steroid dienone is 1. The molecule has 1 saturated heterocycles. The lowest BCUT2D eigenvalue weighted by molar-refractivity contribution is -0.127. The van der Waals surface area contributed by atoms with Gasteiger partial charge in [-0.15, -0.1) is 11.3 Å². The van der Waals surface area contributed by atoms with E-state index in [0.29, 0.717) is 31.1 Å². The number of hydrogen-bond donors (Lipinski definition) is 3. The monoisotopic (exact) mass is 580 g/mol. The third kappa shape index (κ3) is 5.98. The van der Waals surface area contributed by atoms with Crippen LogP contribution in [0.3, 0.4) is 0 Å². The highest BCUT2D eigenvalue weighted by Gasteiger charge is 2.30. The second-order valence-electron chi connectivity index (χ2n) is 8.51. The van der Waals surface area contributed by atoms with Crippen molar-refractivity contribution in [3.63, 3.8) is 0 Å². The molecule has 0 bridgehead atoms. The highest BCUT2D eigenvalue weighted by molar-refractivity contribution is 7.93. The van der Waals surface area contributed by atoms with Crippen molar-refractivity contribution in [2.24, 2.45) is 0 Å². The highest BCUT2D eigenvalue weighted by Crippen LogP contribution is 2.32. The van der Waals surface area contributed by atoms with E-state index >= 15 is 0 Å². The first kappa shape index (κ1) is 27.1. The summed E-state index contributed by atoms with van der Waals surface area (Å²) in [5.74, 6) is -0.613. The lowest BCUT2D eigenvalue weighted by Crippen LogP contribution is -2.40. The summed E-state index contributed by atoms with van der Waals surface area (Å²) in [6.45, 7) is 2.18. The molecule has 0 aliphatic carbocycles. The van der Waals surface area contributed by atoms with Gasteiger partial charge >= 0.3 is 0 Å². The van der Waals surface area contributed by atoms with Crippen LogP contribution in [0.5, 0.6) is 0 Å². The number of benzene rings is 2. The van der Waals surface area contributed by atoms with Crippen molar-refractivity contribution in [2.75, 3.05) is 17.8 Å². The van der Waals surface area contributed by atoms with Crippen molar-refractivity contribution >= 4 is 61.3 Å². The van der Waals surface area contributed by atoms with E-state index < -0.39 is 15.9 Å². The molecule has 2 heterocycles. The van der Waals surface area contributed by atoms with Gasteiger partial charge in [-0.25, -0.2) is 13.4 Å². The molecule has 0 unspecified atom stereocenters. The lowest BCUT2D eigenvalue weighted by Gasteiger charge is -2.33. The number of carbonyl (C=O) groups is 1. The van der Waals surface area contributed by atoms with Gasteiger partial charge in [0.05, 0.1) is 20.7 Å². The maximum Gasteiger partial charge on any atom is 0.263 e. The van der Waals surface area contributed by atoms with Crippen LogP contribution in [0.1, 0.15) is 38.2 Å². The second-order valence-corrected chi connectivity index (χ2v) is 11.9. The molecule has 3 N–H and O–H groups in total. The summed E-state index contributed by atoms with van der Waals surface area (Å²) in [5.41, 5.74) is 0.795. The van der Waals surface area contributed by atoms with E-state index in [1.54, 1.807) is 52.7 Å². The number of thiazole rings is 1. The number of likely N-dealkylation sites (tertiary alicyclic amines) is 1. The number of aromatic nitrogens is 1. The van der Waals surface area contributed by atoms with Crippen LogP contribution in [0, 0.1) is 5.41 Å².